The van der Waals surface area contributed by atoms with Gasteiger partial charge in [-0.25, -0.2) is 14.2 Å². The van der Waals surface area contributed by atoms with Crippen molar-refractivity contribution in [1.82, 2.24) is 29.3 Å². The van der Waals surface area contributed by atoms with Crippen LogP contribution in [0.25, 0.3) is 16.6 Å². The van der Waals surface area contributed by atoms with E-state index in [-0.39, 0.29) is 35.8 Å². The number of fused-ring (bicyclic) bond motifs is 3. The number of piperazine rings is 1. The van der Waals surface area contributed by atoms with Gasteiger partial charge in [0.15, 0.2) is 5.82 Å². The summed E-state index contributed by atoms with van der Waals surface area (Å²) >= 11 is 0. The zero-order valence-electron chi connectivity index (χ0n) is 18.4. The largest absolute Gasteiger partial charge is 0.469 e. The molecule has 34 heavy (non-hydrogen) atoms. The van der Waals surface area contributed by atoms with Crippen LogP contribution in [-0.4, -0.2) is 73.4 Å². The Morgan fingerprint density at radius 2 is 1.85 bits per heavy atom. The first-order valence-electron chi connectivity index (χ1n) is 11.3. The summed E-state index contributed by atoms with van der Waals surface area (Å²) in [4.78, 5) is 33.6. The molecule has 12 heteroatoms. The van der Waals surface area contributed by atoms with E-state index < -0.39 is 6.55 Å². The monoisotopic (exact) mass is 471 g/mol. The van der Waals surface area contributed by atoms with E-state index in [4.69, 9.17) is 4.74 Å². The van der Waals surface area contributed by atoms with Crippen LogP contribution in [0.5, 0.6) is 0 Å². The number of halogens is 2. The van der Waals surface area contributed by atoms with Crippen molar-refractivity contribution in [3.8, 4) is 11.1 Å². The summed E-state index contributed by atoms with van der Waals surface area (Å²) in [7, 11) is 1.35. The highest BCUT2D eigenvalue weighted by atomic mass is 19.3. The van der Waals surface area contributed by atoms with Crippen molar-refractivity contribution < 1.29 is 23.1 Å². The highest BCUT2D eigenvalue weighted by Crippen LogP contribution is 2.44. The lowest BCUT2D eigenvalue weighted by atomic mass is 10.1. The van der Waals surface area contributed by atoms with Gasteiger partial charge in [-0.15, -0.1) is 0 Å². The molecule has 0 radical (unpaired) electrons. The number of amides is 1. The Kier molecular flexibility index (Phi) is 4.78. The van der Waals surface area contributed by atoms with Crippen molar-refractivity contribution in [2.75, 3.05) is 25.1 Å². The molecule has 3 fully saturated rings. The van der Waals surface area contributed by atoms with Gasteiger partial charge in [0.05, 0.1) is 25.1 Å². The summed E-state index contributed by atoms with van der Waals surface area (Å²) in [6.07, 6.45) is 8.31. The van der Waals surface area contributed by atoms with Gasteiger partial charge < -0.3 is 14.5 Å². The minimum absolute atomic E-state index is 0.0522. The summed E-state index contributed by atoms with van der Waals surface area (Å²) in [5.74, 6) is -0.0993. The van der Waals surface area contributed by atoms with E-state index in [9.17, 15) is 18.4 Å². The molecule has 6 rings (SSSR count). The van der Waals surface area contributed by atoms with Gasteiger partial charge in [0, 0.05) is 48.7 Å². The van der Waals surface area contributed by atoms with Gasteiger partial charge in [-0.05, 0) is 25.3 Å². The topological polar surface area (TPSA) is 97.9 Å². The molecule has 3 aromatic heterocycles. The highest BCUT2D eigenvalue weighted by molar-refractivity contribution is 5.91. The Bertz CT molecular complexity index is 1260. The highest BCUT2D eigenvalue weighted by Gasteiger charge is 2.54. The maximum absolute atomic E-state index is 13.1. The van der Waals surface area contributed by atoms with E-state index >= 15 is 0 Å². The molecule has 1 aliphatic carbocycles. The standard InChI is InChI=1S/C22H23F2N7O3/c1-34-21(33)17-5-16(17)20(32)31-14-2-3-15(31)10-28(9-14)19-18-4-12(7-29(18)27-11-25-19)13-6-26-30(8-13)22(23)24/h4,6-8,11,14-17,22H,2-3,5,9-10H2,1H3/t14?,15?,16-,17-/m0/s1. The van der Waals surface area contributed by atoms with Gasteiger partial charge in [-0.2, -0.15) is 19.0 Å². The SMILES string of the molecule is COC(=O)[C@H]1C[C@@H]1C(=O)N1C2CCC1CN(c1ncnn3cc(-c4cnn(C(F)F)c4)cc13)C2. The molecule has 4 atom stereocenters. The van der Waals surface area contributed by atoms with E-state index in [1.165, 1.54) is 25.8 Å². The first kappa shape index (κ1) is 21.0. The predicted molar refractivity (Wildman–Crippen MR) is 115 cm³/mol. The van der Waals surface area contributed by atoms with E-state index in [1.807, 2.05) is 11.0 Å². The molecule has 0 N–H and O–H groups in total. The number of rotatable bonds is 5. The van der Waals surface area contributed by atoms with Crippen molar-refractivity contribution in [3.63, 3.8) is 0 Å². The van der Waals surface area contributed by atoms with Crippen molar-refractivity contribution in [2.45, 2.75) is 37.9 Å². The van der Waals surface area contributed by atoms with Gasteiger partial charge in [-0.1, -0.05) is 0 Å². The minimum atomic E-state index is -2.70. The summed E-state index contributed by atoms with van der Waals surface area (Å²) in [5, 5.41) is 7.99. The number of nitrogens with zero attached hydrogens (tertiary/aromatic N) is 7. The molecule has 1 amide bonds. The summed E-state index contributed by atoms with van der Waals surface area (Å²) in [6.45, 7) is -1.43. The van der Waals surface area contributed by atoms with Crippen molar-refractivity contribution in [1.29, 1.82) is 0 Å². The number of ether oxygens (including phenoxy) is 1. The van der Waals surface area contributed by atoms with Crippen LogP contribution in [0.3, 0.4) is 0 Å². The summed E-state index contributed by atoms with van der Waals surface area (Å²) < 4.78 is 32.9. The molecule has 0 spiro atoms. The van der Waals surface area contributed by atoms with Crippen LogP contribution in [0.15, 0.2) is 31.0 Å². The lowest BCUT2D eigenvalue weighted by Crippen LogP contribution is -2.56. The molecule has 1 saturated carbocycles. The van der Waals surface area contributed by atoms with Crippen LogP contribution in [0.2, 0.25) is 0 Å². The first-order valence-corrected chi connectivity index (χ1v) is 11.3. The molecule has 5 heterocycles. The average Bonchev–Trinajstić information content (AvgIpc) is 3.15. The quantitative estimate of drug-likeness (QED) is 0.525. The molecule has 10 nitrogen and oxygen atoms in total. The average molecular weight is 471 g/mol. The second-order valence-corrected chi connectivity index (χ2v) is 9.14. The number of carbonyl (C=O) groups is 2. The van der Waals surface area contributed by atoms with Crippen molar-refractivity contribution in [2.24, 2.45) is 11.8 Å². The molecule has 2 bridgehead atoms. The number of hydrogen-bond acceptors (Lipinski definition) is 7. The predicted octanol–water partition coefficient (Wildman–Crippen LogP) is 1.98. The van der Waals surface area contributed by atoms with Gasteiger partial charge in [0.25, 0.3) is 0 Å². The number of aromatic nitrogens is 5. The zero-order chi connectivity index (χ0) is 23.6. The fourth-order valence-corrected chi connectivity index (χ4v) is 5.42. The number of hydrogen-bond donors (Lipinski definition) is 0. The molecule has 178 valence electrons. The molecule has 2 saturated heterocycles. The zero-order valence-corrected chi connectivity index (χ0v) is 18.4. The van der Waals surface area contributed by atoms with E-state index in [1.54, 1.807) is 10.7 Å². The normalized spacial score (nSPS) is 25.9. The lowest BCUT2D eigenvalue weighted by molar-refractivity contribution is -0.145. The van der Waals surface area contributed by atoms with Crippen LogP contribution >= 0.6 is 0 Å². The van der Waals surface area contributed by atoms with Gasteiger partial charge >= 0.3 is 12.5 Å². The van der Waals surface area contributed by atoms with Crippen LogP contribution < -0.4 is 4.90 Å². The second kappa shape index (κ2) is 7.74. The Labute approximate surface area is 193 Å². The Balaban J connectivity index is 1.24. The fourth-order valence-electron chi connectivity index (χ4n) is 5.42. The smallest absolute Gasteiger partial charge is 0.333 e. The van der Waals surface area contributed by atoms with Gasteiger partial charge in [0.1, 0.15) is 11.8 Å². The van der Waals surface area contributed by atoms with Crippen LogP contribution in [-0.2, 0) is 14.3 Å². The molecule has 3 aromatic rings. The maximum Gasteiger partial charge on any atom is 0.333 e. The minimum Gasteiger partial charge on any atom is -0.469 e. The third-order valence-electron chi connectivity index (χ3n) is 7.17. The second-order valence-electron chi connectivity index (χ2n) is 9.14. The van der Waals surface area contributed by atoms with Gasteiger partial charge in [0.2, 0.25) is 5.91 Å². The van der Waals surface area contributed by atoms with Crippen LogP contribution in [0.1, 0.15) is 25.8 Å². The number of esters is 1. The van der Waals surface area contributed by atoms with Crippen molar-refractivity contribution in [3.05, 3.63) is 31.0 Å². The number of alkyl halides is 2. The molecular weight excluding hydrogens is 448 g/mol. The molecule has 0 aromatic carbocycles. The lowest BCUT2D eigenvalue weighted by Gasteiger charge is -2.41. The van der Waals surface area contributed by atoms with E-state index in [0.717, 1.165) is 24.2 Å². The summed E-state index contributed by atoms with van der Waals surface area (Å²) in [6, 6.07) is 1.98. The fraction of sp³-hybridized carbons (Fsp3) is 0.500. The Morgan fingerprint density at radius 3 is 2.53 bits per heavy atom. The van der Waals surface area contributed by atoms with Crippen molar-refractivity contribution >= 4 is 23.2 Å². The Morgan fingerprint density at radius 1 is 1.09 bits per heavy atom. The maximum atomic E-state index is 13.1. The van der Waals surface area contributed by atoms with Crippen LogP contribution in [0, 0.1) is 11.8 Å². The summed E-state index contributed by atoms with van der Waals surface area (Å²) in [5.41, 5.74) is 2.04. The number of methoxy groups -OCH3 is 1. The van der Waals surface area contributed by atoms with E-state index in [0.29, 0.717) is 35.3 Å². The molecule has 2 unspecified atom stereocenters. The molecule has 3 aliphatic rings. The third-order valence-corrected chi connectivity index (χ3v) is 7.17. The molecule has 2 aliphatic heterocycles. The number of anilines is 1. The van der Waals surface area contributed by atoms with Crippen LogP contribution in [0.4, 0.5) is 14.6 Å². The van der Waals surface area contributed by atoms with E-state index in [2.05, 4.69) is 20.1 Å². The molecular formula is C22H23F2N7O3. The van der Waals surface area contributed by atoms with Gasteiger partial charge in [-0.3, -0.25) is 9.59 Å². The first-order chi connectivity index (χ1) is 16.4. The third kappa shape index (κ3) is 3.31. The Hall–Kier alpha value is -3.57. The number of carbonyl (C=O) groups excluding carboxylic acids is 2.